The van der Waals surface area contributed by atoms with Crippen LogP contribution in [0.3, 0.4) is 0 Å². The summed E-state index contributed by atoms with van der Waals surface area (Å²) in [5.74, 6) is 2.52. The first-order chi connectivity index (χ1) is 9.05. The van der Waals surface area contributed by atoms with Gasteiger partial charge in [-0.2, -0.15) is 24.9 Å². The molecule has 0 unspecified atom stereocenters. The van der Waals surface area contributed by atoms with Crippen LogP contribution in [0.1, 0.15) is 16.9 Å². The molecule has 5 heteroatoms. The van der Waals surface area contributed by atoms with Crippen LogP contribution in [0.15, 0.2) is 47.1 Å². The van der Waals surface area contributed by atoms with E-state index in [1.165, 1.54) is 12.1 Å². The fourth-order valence-corrected chi connectivity index (χ4v) is 2.53. The molecule has 0 aliphatic carbocycles. The summed E-state index contributed by atoms with van der Waals surface area (Å²) in [4.78, 5) is 0. The van der Waals surface area contributed by atoms with Crippen molar-refractivity contribution in [2.45, 2.75) is 18.3 Å². The molecule has 1 heterocycles. The van der Waals surface area contributed by atoms with Crippen molar-refractivity contribution >= 4 is 11.8 Å². The maximum Gasteiger partial charge on any atom is 0.416 e. The molecule has 0 atom stereocenters. The number of hydrogen-bond acceptors (Lipinski definition) is 2. The van der Waals surface area contributed by atoms with Crippen molar-refractivity contribution in [3.63, 3.8) is 0 Å². The molecule has 0 amide bonds. The summed E-state index contributed by atoms with van der Waals surface area (Å²) in [5.41, 5.74) is 0.300. The molecule has 2 rings (SSSR count). The Morgan fingerprint density at radius 2 is 1.79 bits per heavy atom. The first-order valence-corrected chi connectivity index (χ1v) is 6.97. The van der Waals surface area contributed by atoms with Gasteiger partial charge in [0.2, 0.25) is 0 Å². The number of rotatable bonds is 5. The molecule has 0 saturated heterocycles. The Bertz CT molecular complexity index is 488. The molecule has 0 aliphatic heterocycles. The summed E-state index contributed by atoms with van der Waals surface area (Å²) >= 11 is 1.68. The number of furan rings is 1. The van der Waals surface area contributed by atoms with E-state index in [2.05, 4.69) is 0 Å². The van der Waals surface area contributed by atoms with Crippen LogP contribution >= 0.6 is 11.8 Å². The van der Waals surface area contributed by atoms with Crippen molar-refractivity contribution in [2.75, 3.05) is 5.75 Å². The number of benzene rings is 1. The molecule has 102 valence electrons. The molecule has 0 N–H and O–H groups in total. The maximum absolute atomic E-state index is 12.4. The normalized spacial score (nSPS) is 11.7. The zero-order valence-electron chi connectivity index (χ0n) is 10.1. The highest BCUT2D eigenvalue weighted by molar-refractivity contribution is 7.98. The molecule has 1 aromatic heterocycles. The zero-order chi connectivity index (χ0) is 13.7. The predicted molar refractivity (Wildman–Crippen MR) is 70.0 cm³/mol. The lowest BCUT2D eigenvalue weighted by molar-refractivity contribution is -0.137. The van der Waals surface area contributed by atoms with Gasteiger partial charge in [-0.05, 0) is 29.8 Å². The monoisotopic (exact) mass is 286 g/mol. The third kappa shape index (κ3) is 4.35. The summed E-state index contributed by atoms with van der Waals surface area (Å²) in [6, 6.07) is 9.07. The molecule has 19 heavy (non-hydrogen) atoms. The van der Waals surface area contributed by atoms with Gasteiger partial charge in [0.1, 0.15) is 5.76 Å². The van der Waals surface area contributed by atoms with E-state index in [0.717, 1.165) is 35.6 Å². The van der Waals surface area contributed by atoms with Gasteiger partial charge >= 0.3 is 6.18 Å². The van der Waals surface area contributed by atoms with E-state index in [4.69, 9.17) is 4.42 Å². The van der Waals surface area contributed by atoms with Crippen LogP contribution in [0.5, 0.6) is 0 Å². The van der Waals surface area contributed by atoms with Gasteiger partial charge in [0.25, 0.3) is 0 Å². The second kappa shape index (κ2) is 6.19. The van der Waals surface area contributed by atoms with Crippen LogP contribution in [0.2, 0.25) is 0 Å². The van der Waals surface area contributed by atoms with Crippen LogP contribution < -0.4 is 0 Å². The van der Waals surface area contributed by atoms with E-state index in [1.54, 1.807) is 18.0 Å². The second-order valence-electron chi connectivity index (χ2n) is 4.08. The van der Waals surface area contributed by atoms with Gasteiger partial charge < -0.3 is 4.42 Å². The first-order valence-electron chi connectivity index (χ1n) is 5.82. The lowest BCUT2D eigenvalue weighted by Gasteiger charge is -2.07. The Morgan fingerprint density at radius 3 is 2.37 bits per heavy atom. The lowest BCUT2D eigenvalue weighted by atomic mass is 10.1. The highest BCUT2D eigenvalue weighted by Gasteiger charge is 2.29. The van der Waals surface area contributed by atoms with Crippen molar-refractivity contribution in [1.82, 2.24) is 0 Å². The first kappa shape index (κ1) is 14.1. The maximum atomic E-state index is 12.4. The SMILES string of the molecule is FC(F)(F)c1ccc(CSCCc2ccco2)cc1. The van der Waals surface area contributed by atoms with E-state index < -0.39 is 11.7 Å². The van der Waals surface area contributed by atoms with Crippen LogP contribution in [0, 0.1) is 0 Å². The second-order valence-corrected chi connectivity index (χ2v) is 5.18. The van der Waals surface area contributed by atoms with Crippen LogP contribution in [-0.4, -0.2) is 5.75 Å². The van der Waals surface area contributed by atoms with E-state index in [1.807, 2.05) is 12.1 Å². The van der Waals surface area contributed by atoms with Gasteiger partial charge in [-0.15, -0.1) is 0 Å². The largest absolute Gasteiger partial charge is 0.469 e. The highest BCUT2D eigenvalue weighted by Crippen LogP contribution is 2.29. The number of alkyl halides is 3. The van der Waals surface area contributed by atoms with E-state index in [-0.39, 0.29) is 0 Å². The third-order valence-corrected chi connectivity index (χ3v) is 3.65. The van der Waals surface area contributed by atoms with Crippen LogP contribution in [-0.2, 0) is 18.3 Å². The van der Waals surface area contributed by atoms with Gasteiger partial charge in [0.05, 0.1) is 11.8 Å². The molecule has 1 aromatic carbocycles. The van der Waals surface area contributed by atoms with Crippen LogP contribution in [0.25, 0.3) is 0 Å². The van der Waals surface area contributed by atoms with Crippen LogP contribution in [0.4, 0.5) is 13.2 Å². The quantitative estimate of drug-likeness (QED) is 0.734. The Balaban J connectivity index is 1.77. The van der Waals surface area contributed by atoms with Crippen molar-refractivity contribution in [3.05, 3.63) is 59.5 Å². The topological polar surface area (TPSA) is 13.1 Å². The van der Waals surface area contributed by atoms with Crippen molar-refractivity contribution in [1.29, 1.82) is 0 Å². The third-order valence-electron chi connectivity index (χ3n) is 2.62. The molecular weight excluding hydrogens is 273 g/mol. The van der Waals surface area contributed by atoms with E-state index in [9.17, 15) is 13.2 Å². The summed E-state index contributed by atoms with van der Waals surface area (Å²) in [7, 11) is 0. The summed E-state index contributed by atoms with van der Waals surface area (Å²) in [6.45, 7) is 0. The standard InChI is InChI=1S/C14H13F3OS/c15-14(16,17)12-5-3-11(4-6-12)10-19-9-7-13-2-1-8-18-13/h1-6,8H,7,9-10H2. The Kier molecular flexibility index (Phi) is 4.58. The molecule has 0 aliphatic rings. The molecule has 0 fully saturated rings. The molecule has 0 bridgehead atoms. The van der Waals surface area contributed by atoms with Crippen molar-refractivity contribution < 1.29 is 17.6 Å². The molecule has 0 spiro atoms. The number of hydrogen-bond donors (Lipinski definition) is 0. The van der Waals surface area contributed by atoms with Crippen molar-refractivity contribution in [2.24, 2.45) is 0 Å². The average molecular weight is 286 g/mol. The highest BCUT2D eigenvalue weighted by atomic mass is 32.2. The minimum absolute atomic E-state index is 0.600. The van der Waals surface area contributed by atoms with Crippen molar-refractivity contribution in [3.8, 4) is 0 Å². The molecule has 0 saturated carbocycles. The summed E-state index contributed by atoms with van der Waals surface area (Å²) in [5, 5.41) is 0. The Hall–Kier alpha value is -1.36. The molecule has 2 aromatic rings. The predicted octanol–water partition coefficient (Wildman–Crippen LogP) is 4.77. The summed E-state index contributed by atoms with van der Waals surface area (Å²) in [6.07, 6.45) is -1.79. The lowest BCUT2D eigenvalue weighted by Crippen LogP contribution is -2.04. The van der Waals surface area contributed by atoms with E-state index in [0.29, 0.717) is 5.75 Å². The fourth-order valence-electron chi connectivity index (χ4n) is 1.61. The Morgan fingerprint density at radius 1 is 1.05 bits per heavy atom. The van der Waals surface area contributed by atoms with Gasteiger partial charge in [-0.1, -0.05) is 12.1 Å². The minimum Gasteiger partial charge on any atom is -0.469 e. The molecule has 0 radical (unpaired) electrons. The number of thioether (sulfide) groups is 1. The average Bonchev–Trinajstić information content (AvgIpc) is 2.87. The van der Waals surface area contributed by atoms with Gasteiger partial charge in [-0.3, -0.25) is 0 Å². The summed E-state index contributed by atoms with van der Waals surface area (Å²) < 4.78 is 42.3. The minimum atomic E-state index is -4.26. The van der Waals surface area contributed by atoms with Gasteiger partial charge in [0.15, 0.2) is 0 Å². The number of aryl methyl sites for hydroxylation is 1. The Labute approximate surface area is 113 Å². The van der Waals surface area contributed by atoms with E-state index >= 15 is 0 Å². The fraction of sp³-hybridized carbons (Fsp3) is 0.286. The molecule has 1 nitrogen and oxygen atoms in total. The van der Waals surface area contributed by atoms with Gasteiger partial charge in [0, 0.05) is 17.9 Å². The smallest absolute Gasteiger partial charge is 0.416 e. The molecular formula is C14H13F3OS. The van der Waals surface area contributed by atoms with Gasteiger partial charge in [-0.25, -0.2) is 0 Å². The zero-order valence-corrected chi connectivity index (χ0v) is 10.9. The number of halogens is 3.